The summed E-state index contributed by atoms with van der Waals surface area (Å²) in [5.74, 6) is 0.0127. The predicted molar refractivity (Wildman–Crippen MR) is 108 cm³/mol. The summed E-state index contributed by atoms with van der Waals surface area (Å²) in [4.78, 5) is 39.9. The molecule has 0 aliphatic heterocycles. The van der Waals surface area contributed by atoms with Crippen LogP contribution in [0.5, 0.6) is 0 Å². The van der Waals surface area contributed by atoms with Crippen LogP contribution in [0.1, 0.15) is 49.0 Å². The number of aromatic amines is 1. The van der Waals surface area contributed by atoms with Gasteiger partial charge in [-0.3, -0.25) is 19.1 Å². The number of anilines is 1. The summed E-state index contributed by atoms with van der Waals surface area (Å²) in [5, 5.41) is 12.1. The number of ketones is 1. The molecule has 152 valence electrons. The molecule has 2 aromatic heterocycles. The van der Waals surface area contributed by atoms with Gasteiger partial charge in [0.25, 0.3) is 5.56 Å². The molecule has 2 heterocycles. The molecule has 0 spiro atoms. The minimum absolute atomic E-state index is 0.157. The molecule has 29 heavy (non-hydrogen) atoms. The molecule has 10 nitrogen and oxygen atoms in total. The molecule has 1 aromatic carbocycles. The van der Waals surface area contributed by atoms with Gasteiger partial charge in [-0.25, -0.2) is 4.79 Å². The Bertz CT molecular complexity index is 1140. The summed E-state index contributed by atoms with van der Waals surface area (Å²) in [7, 11) is 0. The number of nitrogens with zero attached hydrogens (tertiary/aromatic N) is 5. The number of benzene rings is 1. The van der Waals surface area contributed by atoms with Crippen molar-refractivity contribution in [1.29, 1.82) is 0 Å². The molecule has 0 aliphatic rings. The van der Waals surface area contributed by atoms with Crippen molar-refractivity contribution in [3.63, 3.8) is 0 Å². The van der Waals surface area contributed by atoms with Gasteiger partial charge in [-0.2, -0.15) is 4.80 Å². The highest BCUT2D eigenvalue weighted by molar-refractivity contribution is 5.99. The average Bonchev–Trinajstić information content (AvgIpc) is 3.13. The van der Waals surface area contributed by atoms with Crippen LogP contribution in [-0.4, -0.2) is 35.5 Å². The summed E-state index contributed by atoms with van der Waals surface area (Å²) < 4.78 is 1.17. The van der Waals surface area contributed by atoms with Crippen LogP contribution in [0.4, 0.5) is 5.82 Å². The summed E-state index contributed by atoms with van der Waals surface area (Å²) in [5.41, 5.74) is 6.12. The van der Waals surface area contributed by atoms with Gasteiger partial charge in [0.05, 0.1) is 0 Å². The Labute approximate surface area is 166 Å². The molecule has 3 N–H and O–H groups in total. The van der Waals surface area contributed by atoms with Gasteiger partial charge in [0, 0.05) is 12.1 Å². The maximum absolute atomic E-state index is 12.6. The SMILES string of the molecule is CCCn1c(N)c(C(=O)Cn2nnc(-c3ccc(C(C)C)cc3)n2)c(=O)[nH]c1=O. The number of carbonyl (C=O) groups excluding carboxylic acids is 1. The van der Waals surface area contributed by atoms with E-state index in [1.165, 1.54) is 10.1 Å². The second-order valence-electron chi connectivity index (χ2n) is 7.01. The Morgan fingerprint density at radius 2 is 1.90 bits per heavy atom. The second-order valence-corrected chi connectivity index (χ2v) is 7.01. The molecule has 0 radical (unpaired) electrons. The number of aromatic nitrogens is 6. The van der Waals surface area contributed by atoms with E-state index >= 15 is 0 Å². The number of hydrogen-bond donors (Lipinski definition) is 2. The van der Waals surface area contributed by atoms with Gasteiger partial charge in [0.1, 0.15) is 17.9 Å². The van der Waals surface area contributed by atoms with Crippen molar-refractivity contribution in [2.75, 3.05) is 5.73 Å². The van der Waals surface area contributed by atoms with Crippen molar-refractivity contribution < 1.29 is 4.79 Å². The molecule has 0 fully saturated rings. The fourth-order valence-electron chi connectivity index (χ4n) is 2.95. The van der Waals surface area contributed by atoms with E-state index in [1.807, 2.05) is 31.2 Å². The second kappa shape index (κ2) is 8.21. The maximum atomic E-state index is 12.6. The standard InChI is InChI=1S/C19H23N7O3/c1-4-9-25-16(20)15(18(28)21-19(25)29)14(27)10-26-23-17(22-24-26)13-7-5-12(6-8-13)11(2)3/h5-8,11H,4,9-10,20H2,1-3H3,(H,21,28,29). The first-order valence-corrected chi connectivity index (χ1v) is 9.35. The zero-order valence-electron chi connectivity index (χ0n) is 16.5. The number of nitrogens with two attached hydrogens (primary N) is 1. The molecule has 3 aromatic rings. The predicted octanol–water partition coefficient (Wildman–Crippen LogP) is 1.19. The summed E-state index contributed by atoms with van der Waals surface area (Å²) >= 11 is 0. The van der Waals surface area contributed by atoms with Crippen LogP contribution in [0, 0.1) is 0 Å². The number of rotatable bonds is 7. The molecule has 0 aliphatic carbocycles. The number of Topliss-reactive ketones (excluding diaryl/α,β-unsaturated/α-hetero) is 1. The molecule has 0 saturated carbocycles. The summed E-state index contributed by atoms with van der Waals surface area (Å²) in [6.45, 7) is 6.03. The smallest absolute Gasteiger partial charge is 0.329 e. The molecule has 0 atom stereocenters. The van der Waals surface area contributed by atoms with Crippen molar-refractivity contribution >= 4 is 11.6 Å². The van der Waals surface area contributed by atoms with Gasteiger partial charge in [-0.05, 0) is 23.1 Å². The van der Waals surface area contributed by atoms with Crippen LogP contribution in [0.15, 0.2) is 33.9 Å². The third kappa shape index (κ3) is 4.15. The highest BCUT2D eigenvalue weighted by Gasteiger charge is 2.20. The zero-order chi connectivity index (χ0) is 21.1. The lowest BCUT2D eigenvalue weighted by Gasteiger charge is -2.10. The number of hydrogen-bond acceptors (Lipinski definition) is 7. The Kier molecular flexibility index (Phi) is 5.71. The lowest BCUT2D eigenvalue weighted by molar-refractivity contribution is 0.0960. The van der Waals surface area contributed by atoms with Gasteiger partial charge in [-0.15, -0.1) is 10.2 Å². The van der Waals surface area contributed by atoms with Crippen LogP contribution in [0.3, 0.4) is 0 Å². The normalized spacial score (nSPS) is 11.2. The van der Waals surface area contributed by atoms with E-state index in [-0.39, 0.29) is 17.9 Å². The van der Waals surface area contributed by atoms with E-state index in [0.29, 0.717) is 24.7 Å². The molecular weight excluding hydrogens is 374 g/mol. The fraction of sp³-hybridized carbons (Fsp3) is 0.368. The first kappa shape index (κ1) is 20.2. The lowest BCUT2D eigenvalue weighted by atomic mass is 10.0. The van der Waals surface area contributed by atoms with Crippen molar-refractivity contribution in [3.8, 4) is 11.4 Å². The van der Waals surface area contributed by atoms with Crippen molar-refractivity contribution in [2.45, 2.75) is 46.2 Å². The zero-order valence-corrected chi connectivity index (χ0v) is 16.5. The third-order valence-electron chi connectivity index (χ3n) is 4.54. The minimum atomic E-state index is -0.825. The first-order valence-electron chi connectivity index (χ1n) is 9.35. The van der Waals surface area contributed by atoms with Gasteiger partial charge in [-0.1, -0.05) is 45.0 Å². The molecular formula is C19H23N7O3. The third-order valence-corrected chi connectivity index (χ3v) is 4.54. The van der Waals surface area contributed by atoms with Crippen molar-refractivity contribution in [1.82, 2.24) is 29.8 Å². The average molecular weight is 397 g/mol. The molecule has 0 saturated heterocycles. The van der Waals surface area contributed by atoms with Gasteiger partial charge in [0.15, 0.2) is 5.78 Å². The molecule has 0 unspecified atom stereocenters. The molecule has 3 rings (SSSR count). The van der Waals surface area contributed by atoms with Crippen molar-refractivity contribution in [3.05, 3.63) is 56.2 Å². The van der Waals surface area contributed by atoms with Gasteiger partial charge < -0.3 is 5.73 Å². The number of H-pyrrole nitrogens is 1. The van der Waals surface area contributed by atoms with Gasteiger partial charge >= 0.3 is 5.69 Å². The highest BCUT2D eigenvalue weighted by atomic mass is 16.2. The van der Waals surface area contributed by atoms with Crippen LogP contribution in [-0.2, 0) is 13.1 Å². The van der Waals surface area contributed by atoms with Crippen LogP contribution >= 0.6 is 0 Å². The number of nitrogen functional groups attached to an aromatic ring is 1. The Balaban J connectivity index is 1.85. The molecule has 0 bridgehead atoms. The van der Waals surface area contributed by atoms with E-state index in [9.17, 15) is 14.4 Å². The van der Waals surface area contributed by atoms with E-state index in [1.54, 1.807) is 0 Å². The highest BCUT2D eigenvalue weighted by Crippen LogP contribution is 2.19. The van der Waals surface area contributed by atoms with E-state index < -0.39 is 17.0 Å². The lowest BCUT2D eigenvalue weighted by Crippen LogP contribution is -2.37. The maximum Gasteiger partial charge on any atom is 0.329 e. The summed E-state index contributed by atoms with van der Waals surface area (Å²) in [6, 6.07) is 7.76. The number of carbonyl (C=O) groups is 1. The fourth-order valence-corrected chi connectivity index (χ4v) is 2.95. The van der Waals surface area contributed by atoms with E-state index in [0.717, 1.165) is 10.4 Å². The monoisotopic (exact) mass is 397 g/mol. The van der Waals surface area contributed by atoms with Crippen LogP contribution < -0.4 is 17.0 Å². The largest absolute Gasteiger partial charge is 0.384 e. The van der Waals surface area contributed by atoms with Crippen LogP contribution in [0.25, 0.3) is 11.4 Å². The Morgan fingerprint density at radius 1 is 1.21 bits per heavy atom. The summed E-state index contributed by atoms with van der Waals surface area (Å²) in [6.07, 6.45) is 0.618. The topological polar surface area (TPSA) is 142 Å². The quantitative estimate of drug-likeness (QED) is 0.570. The van der Waals surface area contributed by atoms with E-state index in [2.05, 4.69) is 34.2 Å². The number of nitrogens with one attached hydrogen (secondary N) is 1. The van der Waals surface area contributed by atoms with E-state index in [4.69, 9.17) is 5.73 Å². The molecule has 10 heteroatoms. The first-order chi connectivity index (χ1) is 13.8. The Hall–Kier alpha value is -3.56. The minimum Gasteiger partial charge on any atom is -0.384 e. The Morgan fingerprint density at radius 3 is 2.52 bits per heavy atom. The van der Waals surface area contributed by atoms with Gasteiger partial charge in [0.2, 0.25) is 5.82 Å². The van der Waals surface area contributed by atoms with Crippen LogP contribution in [0.2, 0.25) is 0 Å². The number of tetrazole rings is 1. The van der Waals surface area contributed by atoms with Crippen molar-refractivity contribution in [2.24, 2.45) is 0 Å². The molecule has 0 amide bonds.